The third-order valence-electron chi connectivity index (χ3n) is 2.30. The van der Waals surface area contributed by atoms with E-state index in [1.54, 1.807) is 14.2 Å². The van der Waals surface area contributed by atoms with Crippen molar-refractivity contribution in [3.8, 4) is 0 Å². The van der Waals surface area contributed by atoms with Crippen LogP contribution < -0.4 is 0 Å². The molecule has 0 fully saturated rings. The molecule has 0 bridgehead atoms. The molecule has 2 nitrogen and oxygen atoms in total. The number of hydrogen-bond donors (Lipinski definition) is 0. The second-order valence-corrected chi connectivity index (χ2v) is 6.28. The molecule has 3 heteroatoms. The van der Waals surface area contributed by atoms with Crippen molar-refractivity contribution in [2.45, 2.75) is 19.4 Å². The minimum absolute atomic E-state index is 1.11. The van der Waals surface area contributed by atoms with Crippen molar-refractivity contribution in [1.29, 1.82) is 0 Å². The number of hydrogen-bond acceptors (Lipinski definition) is 2. The molecule has 1 rings (SSSR count). The Hall–Kier alpha value is -0.383. The molecule has 1 aliphatic rings. The number of allylic oxidation sites excluding steroid dienone is 4. The van der Waals surface area contributed by atoms with E-state index in [0.29, 0.717) is 0 Å². The monoisotopic (exact) mass is 184 g/mol. The second-order valence-electron chi connectivity index (χ2n) is 2.99. The Bertz CT molecular complexity index is 205. The molecule has 12 heavy (non-hydrogen) atoms. The molecule has 0 saturated carbocycles. The highest BCUT2D eigenvalue weighted by molar-refractivity contribution is 6.74. The molecule has 0 aromatic carbocycles. The molecule has 0 heterocycles. The molecule has 0 amide bonds. The third-order valence-corrected chi connectivity index (χ3v) is 5.28. The van der Waals surface area contributed by atoms with Crippen molar-refractivity contribution >= 4 is 8.56 Å². The Morgan fingerprint density at radius 1 is 1.25 bits per heavy atom. The summed E-state index contributed by atoms with van der Waals surface area (Å²) in [6.45, 7) is 2.06. The first-order valence-electron chi connectivity index (χ1n) is 4.20. The zero-order valence-electron chi connectivity index (χ0n) is 7.96. The lowest BCUT2D eigenvalue weighted by molar-refractivity contribution is 0.261. The lowest BCUT2D eigenvalue weighted by atomic mass is 10.2. The summed E-state index contributed by atoms with van der Waals surface area (Å²) in [6.07, 6.45) is 8.78. The van der Waals surface area contributed by atoms with E-state index in [4.69, 9.17) is 8.85 Å². The van der Waals surface area contributed by atoms with Crippen LogP contribution in [0.1, 0.15) is 12.8 Å². The van der Waals surface area contributed by atoms with E-state index in [1.165, 1.54) is 5.20 Å². The van der Waals surface area contributed by atoms with Gasteiger partial charge < -0.3 is 8.85 Å². The van der Waals surface area contributed by atoms with Gasteiger partial charge in [-0.1, -0.05) is 18.2 Å². The largest absolute Gasteiger partial charge is 0.394 e. The molecule has 0 atom stereocenters. The van der Waals surface area contributed by atoms with Crippen LogP contribution in [0.3, 0.4) is 0 Å². The van der Waals surface area contributed by atoms with Gasteiger partial charge in [-0.3, -0.25) is 0 Å². The van der Waals surface area contributed by atoms with Crippen molar-refractivity contribution in [2.24, 2.45) is 0 Å². The summed E-state index contributed by atoms with van der Waals surface area (Å²) in [7, 11) is 1.42. The first-order chi connectivity index (χ1) is 5.73. The Morgan fingerprint density at radius 3 is 2.33 bits per heavy atom. The van der Waals surface area contributed by atoms with Gasteiger partial charge in [0.05, 0.1) is 0 Å². The van der Waals surface area contributed by atoms with Crippen molar-refractivity contribution in [3.63, 3.8) is 0 Å². The quantitative estimate of drug-likeness (QED) is 0.626. The van der Waals surface area contributed by atoms with Crippen LogP contribution >= 0.6 is 0 Å². The van der Waals surface area contributed by atoms with Crippen LogP contribution in [0.15, 0.2) is 23.4 Å². The van der Waals surface area contributed by atoms with Crippen molar-refractivity contribution < 1.29 is 8.85 Å². The van der Waals surface area contributed by atoms with Crippen molar-refractivity contribution in [3.05, 3.63) is 23.4 Å². The van der Waals surface area contributed by atoms with Crippen molar-refractivity contribution in [1.82, 2.24) is 0 Å². The molecule has 0 unspecified atom stereocenters. The van der Waals surface area contributed by atoms with E-state index in [1.807, 2.05) is 0 Å². The molecule has 0 aliphatic heterocycles. The predicted octanol–water partition coefficient (Wildman–Crippen LogP) is 2.17. The van der Waals surface area contributed by atoms with Gasteiger partial charge in [0, 0.05) is 14.2 Å². The zero-order valence-corrected chi connectivity index (χ0v) is 8.96. The van der Waals surface area contributed by atoms with Crippen LogP contribution in [0.2, 0.25) is 6.55 Å². The SMILES string of the molecule is CO[Si](C)(OC)C1=CCCC=C1. The smallest absolute Gasteiger partial charge is 0.368 e. The summed E-state index contributed by atoms with van der Waals surface area (Å²) in [6, 6.07) is 0. The van der Waals surface area contributed by atoms with Crippen LogP contribution in [0, 0.1) is 0 Å². The van der Waals surface area contributed by atoms with Gasteiger partial charge in [0.2, 0.25) is 0 Å². The van der Waals surface area contributed by atoms with Gasteiger partial charge in [0.25, 0.3) is 0 Å². The minimum atomic E-state index is -2.02. The van der Waals surface area contributed by atoms with Crippen LogP contribution in [0.25, 0.3) is 0 Å². The van der Waals surface area contributed by atoms with E-state index >= 15 is 0 Å². The van der Waals surface area contributed by atoms with Gasteiger partial charge in [-0.2, -0.15) is 0 Å². The van der Waals surface area contributed by atoms with Crippen LogP contribution in [0.4, 0.5) is 0 Å². The molecule has 0 N–H and O–H groups in total. The molecule has 0 radical (unpaired) electrons. The fourth-order valence-corrected chi connectivity index (χ4v) is 2.84. The Kier molecular flexibility index (Phi) is 3.26. The molecule has 0 aromatic heterocycles. The van der Waals surface area contributed by atoms with Crippen molar-refractivity contribution in [2.75, 3.05) is 14.2 Å². The Balaban J connectivity index is 2.78. The first kappa shape index (κ1) is 9.70. The maximum absolute atomic E-state index is 5.42. The number of rotatable bonds is 3. The molecule has 1 aliphatic carbocycles. The lowest BCUT2D eigenvalue weighted by Gasteiger charge is -2.25. The van der Waals surface area contributed by atoms with E-state index in [2.05, 4.69) is 24.8 Å². The maximum atomic E-state index is 5.42. The first-order valence-corrected chi connectivity index (χ1v) is 6.52. The molecule has 68 valence electrons. The highest BCUT2D eigenvalue weighted by Gasteiger charge is 2.32. The summed E-state index contributed by atoms with van der Waals surface area (Å²) in [4.78, 5) is 0. The van der Waals surface area contributed by atoms with E-state index < -0.39 is 8.56 Å². The summed E-state index contributed by atoms with van der Waals surface area (Å²) in [5.74, 6) is 0. The van der Waals surface area contributed by atoms with Gasteiger partial charge in [-0.05, 0) is 24.6 Å². The van der Waals surface area contributed by atoms with Gasteiger partial charge in [-0.25, -0.2) is 0 Å². The van der Waals surface area contributed by atoms with Crippen LogP contribution in [-0.2, 0) is 8.85 Å². The predicted molar refractivity (Wildman–Crippen MR) is 52.1 cm³/mol. The average molecular weight is 184 g/mol. The zero-order chi connectivity index (χ0) is 9.03. The molecular weight excluding hydrogens is 168 g/mol. The standard InChI is InChI=1S/C9H16O2Si/c1-10-12(3,11-2)9-7-5-4-6-8-9/h5,7-8H,4,6H2,1-3H3. The third kappa shape index (κ3) is 1.86. The van der Waals surface area contributed by atoms with Gasteiger partial charge in [0.1, 0.15) is 0 Å². The summed E-state index contributed by atoms with van der Waals surface area (Å²) in [5, 5.41) is 1.25. The summed E-state index contributed by atoms with van der Waals surface area (Å²) >= 11 is 0. The molecule has 0 aromatic rings. The summed E-state index contributed by atoms with van der Waals surface area (Å²) < 4.78 is 10.8. The topological polar surface area (TPSA) is 18.5 Å². The van der Waals surface area contributed by atoms with Gasteiger partial charge >= 0.3 is 8.56 Å². The maximum Gasteiger partial charge on any atom is 0.368 e. The highest BCUT2D eigenvalue weighted by Crippen LogP contribution is 2.21. The normalized spacial score (nSPS) is 17.8. The van der Waals surface area contributed by atoms with Crippen LogP contribution in [-0.4, -0.2) is 22.8 Å². The molecule has 0 spiro atoms. The fourth-order valence-electron chi connectivity index (χ4n) is 1.27. The summed E-state index contributed by atoms with van der Waals surface area (Å²) in [5.41, 5.74) is 0. The fraction of sp³-hybridized carbons (Fsp3) is 0.556. The van der Waals surface area contributed by atoms with Gasteiger partial charge in [0.15, 0.2) is 0 Å². The molecule has 0 saturated heterocycles. The highest BCUT2D eigenvalue weighted by atomic mass is 28.4. The Morgan fingerprint density at radius 2 is 1.92 bits per heavy atom. The average Bonchev–Trinajstić information content (AvgIpc) is 2.18. The minimum Gasteiger partial charge on any atom is -0.394 e. The van der Waals surface area contributed by atoms with E-state index in [9.17, 15) is 0 Å². The Labute approximate surface area is 75.1 Å². The van der Waals surface area contributed by atoms with Gasteiger partial charge in [-0.15, -0.1) is 0 Å². The van der Waals surface area contributed by atoms with Crippen LogP contribution in [0.5, 0.6) is 0 Å². The lowest BCUT2D eigenvalue weighted by Crippen LogP contribution is -2.38. The van der Waals surface area contributed by atoms with E-state index in [-0.39, 0.29) is 0 Å². The molecular formula is C9H16O2Si. The second kappa shape index (κ2) is 4.03. The van der Waals surface area contributed by atoms with E-state index in [0.717, 1.165) is 12.8 Å².